The van der Waals surface area contributed by atoms with Crippen molar-refractivity contribution in [3.8, 4) is 11.5 Å². The topological polar surface area (TPSA) is 61.8 Å². The number of carbonyl (C=O) groups is 2. The summed E-state index contributed by atoms with van der Waals surface area (Å²) in [7, 11) is 2.95. The molecule has 1 aromatic rings. The van der Waals surface area contributed by atoms with Crippen molar-refractivity contribution < 1.29 is 23.8 Å². The lowest BCUT2D eigenvalue weighted by molar-refractivity contribution is -0.118. The fourth-order valence-electron chi connectivity index (χ4n) is 3.09. The molecule has 0 N–H and O–H groups in total. The molecule has 1 heterocycles. The van der Waals surface area contributed by atoms with E-state index in [1.54, 1.807) is 18.2 Å². The number of allylic oxidation sites excluding steroid dienone is 1. The van der Waals surface area contributed by atoms with Crippen LogP contribution in [0, 0.1) is 5.92 Å². The van der Waals surface area contributed by atoms with E-state index in [-0.39, 0.29) is 29.7 Å². The van der Waals surface area contributed by atoms with Crippen LogP contribution in [0.5, 0.6) is 11.5 Å². The number of hydrogen-bond acceptors (Lipinski definition) is 5. The number of carbonyl (C=O) groups excluding carboxylic acids is 2. The molecule has 2 aliphatic rings. The molecule has 1 aromatic carbocycles. The first-order valence-corrected chi connectivity index (χ1v) is 6.74. The normalized spacial score (nSPS) is 27.2. The minimum Gasteiger partial charge on any atom is -0.496 e. The van der Waals surface area contributed by atoms with Gasteiger partial charge in [-0.25, -0.2) is 0 Å². The van der Waals surface area contributed by atoms with Crippen molar-refractivity contribution in [2.75, 3.05) is 14.2 Å². The molecular weight excluding hydrogens is 272 g/mol. The van der Waals surface area contributed by atoms with Gasteiger partial charge >= 0.3 is 0 Å². The van der Waals surface area contributed by atoms with Gasteiger partial charge in [0.05, 0.1) is 14.2 Å². The smallest absolute Gasteiger partial charge is 0.231 e. The molecule has 0 saturated heterocycles. The summed E-state index contributed by atoms with van der Waals surface area (Å²) in [6.07, 6.45) is 1.60. The van der Waals surface area contributed by atoms with Crippen LogP contribution in [0.15, 0.2) is 30.0 Å². The highest BCUT2D eigenvalue weighted by atomic mass is 16.6. The quantitative estimate of drug-likeness (QED) is 0.834. The van der Waals surface area contributed by atoms with Gasteiger partial charge in [-0.05, 0) is 12.1 Å². The summed E-state index contributed by atoms with van der Waals surface area (Å²) >= 11 is 0. The van der Waals surface area contributed by atoms with Gasteiger partial charge in [-0.1, -0.05) is 13.0 Å². The molecule has 110 valence electrons. The molecule has 1 spiro atoms. The van der Waals surface area contributed by atoms with Crippen molar-refractivity contribution in [1.29, 1.82) is 0 Å². The Labute approximate surface area is 122 Å². The summed E-state index contributed by atoms with van der Waals surface area (Å²) in [5, 5.41) is 0. The zero-order chi connectivity index (χ0) is 15.2. The van der Waals surface area contributed by atoms with Crippen molar-refractivity contribution in [3.05, 3.63) is 35.6 Å². The van der Waals surface area contributed by atoms with Gasteiger partial charge in [-0.15, -0.1) is 0 Å². The predicted molar refractivity (Wildman–Crippen MR) is 74.6 cm³/mol. The molecule has 0 fully saturated rings. The average molecular weight is 288 g/mol. The molecule has 5 nitrogen and oxygen atoms in total. The highest BCUT2D eigenvalue weighted by Gasteiger charge is 2.58. The standard InChI is InChI=1S/C16H16O5/c1-9-7-10(17)8-13(20-3)16(9)15(18)14-11(19-2)5-4-6-12(14)21-16/h4-6,8-9H,7H2,1-3H3. The highest BCUT2D eigenvalue weighted by molar-refractivity contribution is 6.13. The minimum atomic E-state index is -1.26. The Kier molecular flexibility index (Phi) is 3.01. The zero-order valence-electron chi connectivity index (χ0n) is 12.1. The SMILES string of the molecule is COC1=CC(=O)CC(C)C12Oc1cccc(OC)c1C2=O. The first-order chi connectivity index (χ1) is 10.0. The number of ketones is 2. The second-order valence-corrected chi connectivity index (χ2v) is 5.28. The molecule has 0 bridgehead atoms. The number of fused-ring (bicyclic) bond motifs is 1. The second kappa shape index (κ2) is 4.62. The molecule has 0 radical (unpaired) electrons. The maximum atomic E-state index is 13.0. The summed E-state index contributed by atoms with van der Waals surface area (Å²) in [5.41, 5.74) is -0.858. The van der Waals surface area contributed by atoms with Gasteiger partial charge < -0.3 is 14.2 Å². The molecule has 1 aliphatic carbocycles. The number of benzene rings is 1. The lowest BCUT2D eigenvalue weighted by atomic mass is 9.75. The molecule has 2 atom stereocenters. The molecule has 3 rings (SSSR count). The van der Waals surface area contributed by atoms with Crippen LogP contribution in [0.4, 0.5) is 0 Å². The fourth-order valence-corrected chi connectivity index (χ4v) is 3.09. The largest absolute Gasteiger partial charge is 0.496 e. The Morgan fingerprint density at radius 1 is 1.24 bits per heavy atom. The Morgan fingerprint density at radius 3 is 2.67 bits per heavy atom. The van der Waals surface area contributed by atoms with Crippen LogP contribution in [0.1, 0.15) is 23.7 Å². The van der Waals surface area contributed by atoms with Crippen molar-refractivity contribution in [2.24, 2.45) is 5.92 Å². The average Bonchev–Trinajstić information content (AvgIpc) is 2.77. The molecule has 0 aromatic heterocycles. The predicted octanol–water partition coefficient (Wildman–Crippen LogP) is 2.15. The zero-order valence-corrected chi connectivity index (χ0v) is 12.1. The number of hydrogen-bond donors (Lipinski definition) is 0. The number of ether oxygens (including phenoxy) is 3. The summed E-state index contributed by atoms with van der Waals surface area (Å²) in [6, 6.07) is 5.20. The first kappa shape index (κ1) is 13.7. The van der Waals surface area contributed by atoms with Crippen LogP contribution >= 0.6 is 0 Å². The second-order valence-electron chi connectivity index (χ2n) is 5.28. The summed E-state index contributed by atoms with van der Waals surface area (Å²) < 4.78 is 16.5. The number of Topliss-reactive ketones (excluding diaryl/α,β-unsaturated/α-hetero) is 1. The van der Waals surface area contributed by atoms with E-state index < -0.39 is 5.60 Å². The molecular formula is C16H16O5. The summed E-state index contributed by atoms with van der Waals surface area (Å²) in [5.74, 6) is 0.592. The van der Waals surface area contributed by atoms with Gasteiger partial charge in [-0.2, -0.15) is 0 Å². The molecule has 0 amide bonds. The van der Waals surface area contributed by atoms with Gasteiger partial charge in [0.25, 0.3) is 0 Å². The van der Waals surface area contributed by atoms with E-state index >= 15 is 0 Å². The Hall–Kier alpha value is -2.30. The highest BCUT2D eigenvalue weighted by Crippen LogP contribution is 2.49. The van der Waals surface area contributed by atoms with Gasteiger partial charge in [-0.3, -0.25) is 9.59 Å². The maximum Gasteiger partial charge on any atom is 0.231 e. The van der Waals surface area contributed by atoms with Crippen LogP contribution in [-0.4, -0.2) is 31.4 Å². The molecule has 0 saturated carbocycles. The van der Waals surface area contributed by atoms with Crippen LogP contribution < -0.4 is 9.47 Å². The van der Waals surface area contributed by atoms with Crippen molar-refractivity contribution >= 4 is 11.6 Å². The van der Waals surface area contributed by atoms with E-state index in [0.717, 1.165) is 0 Å². The van der Waals surface area contributed by atoms with Gasteiger partial charge in [0.15, 0.2) is 11.5 Å². The van der Waals surface area contributed by atoms with E-state index in [1.165, 1.54) is 20.3 Å². The third kappa shape index (κ3) is 1.70. The molecule has 2 unspecified atom stereocenters. The lowest BCUT2D eigenvalue weighted by Crippen LogP contribution is -2.51. The van der Waals surface area contributed by atoms with Gasteiger partial charge in [0.1, 0.15) is 17.1 Å². The molecule has 21 heavy (non-hydrogen) atoms. The van der Waals surface area contributed by atoms with Gasteiger partial charge in [0, 0.05) is 18.4 Å². The van der Waals surface area contributed by atoms with E-state index in [0.29, 0.717) is 17.1 Å². The minimum absolute atomic E-state index is 0.0655. The Morgan fingerprint density at radius 2 is 2.00 bits per heavy atom. The summed E-state index contributed by atoms with van der Waals surface area (Å²) in [4.78, 5) is 24.7. The van der Waals surface area contributed by atoms with E-state index in [9.17, 15) is 9.59 Å². The van der Waals surface area contributed by atoms with Crippen molar-refractivity contribution in [3.63, 3.8) is 0 Å². The van der Waals surface area contributed by atoms with Gasteiger partial charge in [0.2, 0.25) is 11.4 Å². The first-order valence-electron chi connectivity index (χ1n) is 6.74. The Bertz CT molecular complexity index is 661. The van der Waals surface area contributed by atoms with Crippen LogP contribution in [0.3, 0.4) is 0 Å². The number of methoxy groups -OCH3 is 2. The lowest BCUT2D eigenvalue weighted by Gasteiger charge is -2.36. The van der Waals surface area contributed by atoms with E-state index in [4.69, 9.17) is 14.2 Å². The Balaban J connectivity index is 2.19. The monoisotopic (exact) mass is 288 g/mol. The van der Waals surface area contributed by atoms with E-state index in [1.807, 2.05) is 6.92 Å². The molecule has 5 heteroatoms. The van der Waals surface area contributed by atoms with E-state index in [2.05, 4.69) is 0 Å². The van der Waals surface area contributed by atoms with Crippen molar-refractivity contribution in [2.45, 2.75) is 18.9 Å². The number of rotatable bonds is 2. The fraction of sp³-hybridized carbons (Fsp3) is 0.375. The van der Waals surface area contributed by atoms with Crippen LogP contribution in [-0.2, 0) is 9.53 Å². The summed E-state index contributed by atoms with van der Waals surface area (Å²) in [6.45, 7) is 1.82. The van der Waals surface area contributed by atoms with Crippen molar-refractivity contribution in [1.82, 2.24) is 0 Å². The maximum absolute atomic E-state index is 13.0. The third-order valence-electron chi connectivity index (χ3n) is 4.12. The van der Waals surface area contributed by atoms with Crippen LogP contribution in [0.2, 0.25) is 0 Å². The molecule has 1 aliphatic heterocycles. The van der Waals surface area contributed by atoms with Crippen LogP contribution in [0.25, 0.3) is 0 Å². The third-order valence-corrected chi connectivity index (χ3v) is 4.12.